The van der Waals surface area contributed by atoms with Crippen molar-refractivity contribution < 1.29 is 9.53 Å². The second-order valence-corrected chi connectivity index (χ2v) is 4.86. The van der Waals surface area contributed by atoms with Crippen molar-refractivity contribution in [3.8, 4) is 5.75 Å². The third kappa shape index (κ3) is 3.17. The first kappa shape index (κ1) is 13.7. The van der Waals surface area contributed by atoms with Crippen LogP contribution in [0.3, 0.4) is 0 Å². The van der Waals surface area contributed by atoms with Crippen molar-refractivity contribution in [1.29, 1.82) is 0 Å². The molecule has 1 fully saturated rings. The fraction of sp³-hybridized carbons (Fsp3) is 0.500. The second-order valence-electron chi connectivity index (χ2n) is 4.86. The van der Waals surface area contributed by atoms with Crippen LogP contribution in [0.4, 0.5) is 5.69 Å². The molecule has 1 unspecified atom stereocenters. The minimum Gasteiger partial charge on any atom is -0.497 e. The van der Waals surface area contributed by atoms with E-state index in [9.17, 15) is 4.79 Å². The number of nitrogens with two attached hydrogens (primary N) is 1. The number of nitrogens with zero attached hydrogens (tertiary/aromatic N) is 1. The maximum Gasteiger partial charge on any atom is 0.237 e. The largest absolute Gasteiger partial charge is 0.497 e. The number of hydrogen-bond acceptors (Lipinski definition) is 4. The fourth-order valence-electron chi connectivity index (χ4n) is 2.61. The smallest absolute Gasteiger partial charge is 0.237 e. The van der Waals surface area contributed by atoms with E-state index in [1.54, 1.807) is 20.2 Å². The molecule has 2 rings (SSSR count). The molecule has 0 spiro atoms. The number of nitrogens with one attached hydrogen (secondary N) is 1. The van der Waals surface area contributed by atoms with E-state index >= 15 is 0 Å². The minimum atomic E-state index is -0.0302. The van der Waals surface area contributed by atoms with Crippen LogP contribution in [0.2, 0.25) is 0 Å². The highest BCUT2D eigenvalue weighted by Gasteiger charge is 2.29. The Morgan fingerprint density at radius 3 is 3.00 bits per heavy atom. The summed E-state index contributed by atoms with van der Waals surface area (Å²) < 4.78 is 5.22. The molecule has 1 aliphatic rings. The number of benzene rings is 1. The molecule has 1 heterocycles. The molecular formula is C14H21N3O2. The van der Waals surface area contributed by atoms with Crippen molar-refractivity contribution in [3.63, 3.8) is 0 Å². The van der Waals surface area contributed by atoms with Gasteiger partial charge in [0, 0.05) is 25.3 Å². The topological polar surface area (TPSA) is 67.6 Å². The Bertz CT molecular complexity index is 462. The van der Waals surface area contributed by atoms with Crippen molar-refractivity contribution in [1.82, 2.24) is 10.2 Å². The number of nitrogen functional groups attached to an aromatic ring is 1. The monoisotopic (exact) mass is 263 g/mol. The number of anilines is 1. The summed E-state index contributed by atoms with van der Waals surface area (Å²) >= 11 is 0. The van der Waals surface area contributed by atoms with Gasteiger partial charge in [0.2, 0.25) is 5.91 Å². The molecule has 3 N–H and O–H groups in total. The van der Waals surface area contributed by atoms with Crippen molar-refractivity contribution in [3.05, 3.63) is 23.8 Å². The molecular weight excluding hydrogens is 242 g/mol. The Hall–Kier alpha value is -1.75. The molecule has 1 aromatic carbocycles. The Morgan fingerprint density at radius 2 is 2.32 bits per heavy atom. The first-order chi connectivity index (χ1) is 9.13. The minimum absolute atomic E-state index is 0.0302. The molecule has 104 valence electrons. The van der Waals surface area contributed by atoms with Crippen LogP contribution in [0.15, 0.2) is 18.2 Å². The molecule has 1 atom stereocenters. The number of carbonyl (C=O) groups excluding carboxylic acids is 1. The summed E-state index contributed by atoms with van der Waals surface area (Å²) in [5.41, 5.74) is 7.61. The zero-order valence-electron chi connectivity index (χ0n) is 11.5. The normalized spacial score (nSPS) is 19.4. The highest BCUT2D eigenvalue weighted by molar-refractivity contribution is 5.81. The maximum atomic E-state index is 11.8. The van der Waals surface area contributed by atoms with E-state index in [2.05, 4.69) is 10.2 Å². The summed E-state index contributed by atoms with van der Waals surface area (Å²) in [5, 5.41) is 2.73. The van der Waals surface area contributed by atoms with E-state index in [0.29, 0.717) is 5.69 Å². The highest BCUT2D eigenvalue weighted by Crippen LogP contribution is 2.24. The molecule has 1 aliphatic heterocycles. The number of likely N-dealkylation sites (tertiary alicyclic amines) is 1. The summed E-state index contributed by atoms with van der Waals surface area (Å²) in [6.45, 7) is 1.66. The fourth-order valence-corrected chi connectivity index (χ4v) is 2.61. The van der Waals surface area contributed by atoms with Crippen LogP contribution >= 0.6 is 0 Å². The lowest BCUT2D eigenvalue weighted by Gasteiger charge is -2.23. The zero-order valence-corrected chi connectivity index (χ0v) is 11.5. The van der Waals surface area contributed by atoms with E-state index in [0.717, 1.165) is 37.2 Å². The molecule has 0 saturated carbocycles. The number of methoxy groups -OCH3 is 1. The van der Waals surface area contributed by atoms with Gasteiger partial charge in [-0.25, -0.2) is 0 Å². The summed E-state index contributed by atoms with van der Waals surface area (Å²) in [6, 6.07) is 5.67. The average molecular weight is 263 g/mol. The van der Waals surface area contributed by atoms with E-state index in [1.807, 2.05) is 12.1 Å². The van der Waals surface area contributed by atoms with E-state index in [4.69, 9.17) is 10.5 Å². The number of rotatable bonds is 4. The average Bonchev–Trinajstić information content (AvgIpc) is 2.85. The van der Waals surface area contributed by atoms with Gasteiger partial charge >= 0.3 is 0 Å². The Labute approximate surface area is 113 Å². The van der Waals surface area contributed by atoms with Gasteiger partial charge in [-0.1, -0.05) is 0 Å². The summed E-state index contributed by atoms with van der Waals surface area (Å²) in [4.78, 5) is 14.0. The lowest BCUT2D eigenvalue weighted by Crippen LogP contribution is -2.41. The second kappa shape index (κ2) is 5.93. The van der Waals surface area contributed by atoms with Gasteiger partial charge in [-0.05, 0) is 37.1 Å². The number of hydrogen-bond donors (Lipinski definition) is 2. The summed E-state index contributed by atoms with van der Waals surface area (Å²) in [5.74, 6) is 0.846. The van der Waals surface area contributed by atoms with Gasteiger partial charge in [0.25, 0.3) is 0 Å². The number of amides is 1. The van der Waals surface area contributed by atoms with Gasteiger partial charge in [0.05, 0.1) is 13.2 Å². The molecule has 0 bridgehead atoms. The molecule has 5 heteroatoms. The van der Waals surface area contributed by atoms with Crippen LogP contribution in [-0.4, -0.2) is 37.6 Å². The van der Waals surface area contributed by atoms with Crippen LogP contribution in [0, 0.1) is 0 Å². The van der Waals surface area contributed by atoms with Gasteiger partial charge in [0.1, 0.15) is 5.75 Å². The molecule has 0 aliphatic carbocycles. The quantitative estimate of drug-likeness (QED) is 0.795. The predicted molar refractivity (Wildman–Crippen MR) is 74.9 cm³/mol. The van der Waals surface area contributed by atoms with Crippen molar-refractivity contribution in [2.75, 3.05) is 26.4 Å². The Kier molecular flexibility index (Phi) is 4.27. The third-order valence-corrected chi connectivity index (χ3v) is 3.52. The number of carbonyl (C=O) groups is 1. The molecule has 5 nitrogen and oxygen atoms in total. The molecule has 0 radical (unpaired) electrons. The molecule has 1 aromatic rings. The molecule has 19 heavy (non-hydrogen) atoms. The number of ether oxygens (including phenoxy) is 1. The van der Waals surface area contributed by atoms with Gasteiger partial charge in [-0.3, -0.25) is 9.69 Å². The lowest BCUT2D eigenvalue weighted by molar-refractivity contribution is -0.125. The van der Waals surface area contributed by atoms with Gasteiger partial charge in [-0.2, -0.15) is 0 Å². The summed E-state index contributed by atoms with van der Waals surface area (Å²) in [7, 11) is 3.31. The van der Waals surface area contributed by atoms with E-state index < -0.39 is 0 Å². The molecule has 1 saturated heterocycles. The SMILES string of the molecule is CNC(=O)C1CCCN1Cc1cc(N)cc(OC)c1. The third-order valence-electron chi connectivity index (χ3n) is 3.52. The van der Waals surface area contributed by atoms with Gasteiger partial charge in [-0.15, -0.1) is 0 Å². The van der Waals surface area contributed by atoms with Crippen molar-refractivity contribution in [2.45, 2.75) is 25.4 Å². The van der Waals surface area contributed by atoms with Crippen LogP contribution in [0.1, 0.15) is 18.4 Å². The zero-order chi connectivity index (χ0) is 13.8. The van der Waals surface area contributed by atoms with Crippen LogP contribution < -0.4 is 15.8 Å². The maximum absolute atomic E-state index is 11.8. The standard InChI is InChI=1S/C14H21N3O2/c1-16-14(18)13-4-3-5-17(13)9-10-6-11(15)8-12(7-10)19-2/h6-8,13H,3-5,9,15H2,1-2H3,(H,16,18). The highest BCUT2D eigenvalue weighted by atomic mass is 16.5. The van der Waals surface area contributed by atoms with Crippen LogP contribution in [0.5, 0.6) is 5.75 Å². The first-order valence-corrected chi connectivity index (χ1v) is 6.53. The van der Waals surface area contributed by atoms with E-state index in [1.165, 1.54) is 0 Å². The Balaban J connectivity index is 2.11. The van der Waals surface area contributed by atoms with Crippen molar-refractivity contribution >= 4 is 11.6 Å². The van der Waals surface area contributed by atoms with E-state index in [-0.39, 0.29) is 11.9 Å². The predicted octanol–water partition coefficient (Wildman–Crippen LogP) is 0.988. The van der Waals surface area contributed by atoms with Crippen molar-refractivity contribution in [2.24, 2.45) is 0 Å². The van der Waals surface area contributed by atoms with Crippen LogP contribution in [0.25, 0.3) is 0 Å². The van der Waals surface area contributed by atoms with Gasteiger partial charge < -0.3 is 15.8 Å². The molecule has 1 amide bonds. The van der Waals surface area contributed by atoms with Gasteiger partial charge in [0.15, 0.2) is 0 Å². The first-order valence-electron chi connectivity index (χ1n) is 6.53. The Morgan fingerprint density at radius 1 is 1.53 bits per heavy atom. The number of likely N-dealkylation sites (N-methyl/N-ethyl adjacent to an activating group) is 1. The summed E-state index contributed by atoms with van der Waals surface area (Å²) in [6.07, 6.45) is 1.97. The molecule has 0 aromatic heterocycles. The lowest BCUT2D eigenvalue weighted by atomic mass is 10.1. The van der Waals surface area contributed by atoms with Crippen LogP contribution in [-0.2, 0) is 11.3 Å².